The van der Waals surface area contributed by atoms with E-state index in [9.17, 15) is 18.4 Å². The molecule has 2 aromatic carbocycles. The van der Waals surface area contributed by atoms with Crippen molar-refractivity contribution in [2.45, 2.75) is 24.3 Å². The highest BCUT2D eigenvalue weighted by Gasteiger charge is 2.27. The molecule has 2 N–H and O–H groups in total. The normalized spacial score (nSPS) is 11.2. The molecule has 140 valence electrons. The molecule has 0 aliphatic carbocycles. The van der Waals surface area contributed by atoms with Crippen LogP contribution in [-0.2, 0) is 21.4 Å². The van der Waals surface area contributed by atoms with Gasteiger partial charge >= 0.3 is 0 Å². The molecule has 0 saturated heterocycles. The first kappa shape index (κ1) is 19.9. The number of nitrogens with one attached hydrogen (secondary N) is 1. The minimum absolute atomic E-state index is 0.0896. The van der Waals surface area contributed by atoms with Crippen LogP contribution in [0.5, 0.6) is 5.75 Å². The van der Waals surface area contributed by atoms with Gasteiger partial charge in [0.25, 0.3) is 15.9 Å². The maximum Gasteiger partial charge on any atom is 0.289 e. The molecular formula is C18H22N2O5S. The molecule has 0 bridgehead atoms. The lowest BCUT2D eigenvalue weighted by Crippen LogP contribution is -2.34. The first-order chi connectivity index (χ1) is 12.4. The van der Waals surface area contributed by atoms with Crippen LogP contribution in [0.3, 0.4) is 0 Å². The van der Waals surface area contributed by atoms with E-state index in [0.29, 0.717) is 25.3 Å². The molecule has 0 fully saturated rings. The van der Waals surface area contributed by atoms with E-state index in [1.54, 1.807) is 0 Å². The van der Waals surface area contributed by atoms with Crippen molar-refractivity contribution in [2.24, 2.45) is 0 Å². The zero-order chi connectivity index (χ0) is 19.0. The summed E-state index contributed by atoms with van der Waals surface area (Å²) in [6.45, 7) is 1.18. The van der Waals surface area contributed by atoms with Gasteiger partial charge in [-0.2, -0.15) is 8.42 Å². The van der Waals surface area contributed by atoms with Gasteiger partial charge in [0.1, 0.15) is 5.75 Å². The summed E-state index contributed by atoms with van der Waals surface area (Å²) >= 11 is 0. The van der Waals surface area contributed by atoms with Crippen LogP contribution in [0.1, 0.15) is 18.4 Å². The first-order valence-electron chi connectivity index (χ1n) is 8.11. The summed E-state index contributed by atoms with van der Waals surface area (Å²) in [5.41, 5.74) is 1.12. The number of hydrogen-bond donors (Lipinski definition) is 2. The number of hydroxylamine groups is 1. The molecule has 0 heterocycles. The third-order valence-electron chi connectivity index (χ3n) is 3.71. The molecule has 7 nitrogen and oxygen atoms in total. The van der Waals surface area contributed by atoms with Crippen molar-refractivity contribution in [1.29, 1.82) is 0 Å². The fourth-order valence-corrected chi connectivity index (χ4v) is 3.31. The molecule has 8 heteroatoms. The van der Waals surface area contributed by atoms with E-state index >= 15 is 0 Å². The number of nitrogens with zero attached hydrogens (tertiary/aromatic N) is 1. The number of hydrogen-bond acceptors (Lipinski definition) is 6. The number of carbonyl (C=O) groups excluding carboxylic acids is 1. The Balaban J connectivity index is 1.82. The van der Waals surface area contributed by atoms with Crippen molar-refractivity contribution >= 4 is 15.9 Å². The molecule has 2 aromatic rings. The minimum atomic E-state index is -4.29. The number of rotatable bonds is 9. The van der Waals surface area contributed by atoms with Gasteiger partial charge in [0.15, 0.2) is 0 Å². The maximum atomic E-state index is 12.2. The van der Waals surface area contributed by atoms with E-state index in [-0.39, 0.29) is 15.8 Å². The van der Waals surface area contributed by atoms with E-state index in [0.717, 1.165) is 5.56 Å². The number of amides is 1. The average molecular weight is 378 g/mol. The predicted molar refractivity (Wildman–Crippen MR) is 96.2 cm³/mol. The molecule has 0 atom stereocenters. The van der Waals surface area contributed by atoms with Crippen LogP contribution in [0.2, 0.25) is 0 Å². The van der Waals surface area contributed by atoms with Crippen molar-refractivity contribution in [2.75, 3.05) is 13.7 Å². The minimum Gasteiger partial charge on any atom is -0.497 e. The van der Waals surface area contributed by atoms with Crippen molar-refractivity contribution in [3.63, 3.8) is 0 Å². The van der Waals surface area contributed by atoms with Gasteiger partial charge in [-0.05, 0) is 42.8 Å². The van der Waals surface area contributed by atoms with E-state index in [1.807, 2.05) is 30.3 Å². The van der Waals surface area contributed by atoms with Crippen LogP contribution >= 0.6 is 0 Å². The van der Waals surface area contributed by atoms with E-state index in [1.165, 1.54) is 31.4 Å². The Bertz CT molecular complexity index is 807. The van der Waals surface area contributed by atoms with E-state index < -0.39 is 15.9 Å². The summed E-state index contributed by atoms with van der Waals surface area (Å²) in [6.07, 6.45) is 0.314. The van der Waals surface area contributed by atoms with E-state index in [4.69, 9.17) is 4.74 Å². The Morgan fingerprint density at radius 2 is 1.77 bits per heavy atom. The number of methoxy groups -OCH3 is 1. The summed E-state index contributed by atoms with van der Waals surface area (Å²) in [6, 6.07) is 15.2. The molecule has 0 saturated carbocycles. The Kier molecular flexibility index (Phi) is 7.14. The van der Waals surface area contributed by atoms with Gasteiger partial charge < -0.3 is 10.1 Å². The molecule has 0 aliphatic rings. The van der Waals surface area contributed by atoms with Crippen LogP contribution in [0, 0.1) is 0 Å². The van der Waals surface area contributed by atoms with Crippen molar-refractivity contribution < 1.29 is 23.2 Å². The quantitative estimate of drug-likeness (QED) is 0.394. The largest absolute Gasteiger partial charge is 0.497 e. The third-order valence-corrected chi connectivity index (χ3v) is 5.24. The molecule has 26 heavy (non-hydrogen) atoms. The molecule has 0 spiro atoms. The van der Waals surface area contributed by atoms with Crippen LogP contribution in [-0.4, -0.2) is 37.7 Å². The van der Waals surface area contributed by atoms with Gasteiger partial charge in [-0.25, -0.2) is 0 Å². The zero-order valence-corrected chi connectivity index (χ0v) is 15.3. The topological polar surface area (TPSA) is 95.9 Å². The lowest BCUT2D eigenvalue weighted by atomic mass is 10.2. The van der Waals surface area contributed by atoms with Crippen molar-refractivity contribution in [3.05, 3.63) is 60.2 Å². The standard InChI is InChI=1S/C18H22N2O5S/c1-25-16-9-11-17(12-10-16)26(23,24)20(22)18(21)8-5-13-19-14-15-6-3-2-4-7-15/h2-4,6-7,9-12,19,22H,5,8,13-14H2,1H3. The number of carbonyl (C=O) groups is 1. The second-order valence-corrected chi connectivity index (χ2v) is 7.35. The summed E-state index contributed by atoms with van der Waals surface area (Å²) in [4.78, 5) is 11.8. The van der Waals surface area contributed by atoms with E-state index in [2.05, 4.69) is 5.32 Å². The predicted octanol–water partition coefficient (Wildman–Crippen LogP) is 2.17. The first-order valence-corrected chi connectivity index (χ1v) is 9.55. The molecule has 0 aliphatic heterocycles. The summed E-state index contributed by atoms with van der Waals surface area (Å²) in [5.74, 6) is -0.397. The van der Waals surface area contributed by atoms with Gasteiger partial charge in [0, 0.05) is 13.0 Å². The van der Waals surface area contributed by atoms with Gasteiger partial charge in [0.2, 0.25) is 0 Å². The molecule has 0 unspecified atom stereocenters. The van der Waals surface area contributed by atoms with Crippen LogP contribution in [0.25, 0.3) is 0 Å². The van der Waals surface area contributed by atoms with Gasteiger partial charge in [-0.3, -0.25) is 10.0 Å². The van der Waals surface area contributed by atoms with Crippen molar-refractivity contribution in [3.8, 4) is 5.75 Å². The molecule has 2 rings (SSSR count). The average Bonchev–Trinajstić information content (AvgIpc) is 2.67. The lowest BCUT2D eigenvalue weighted by molar-refractivity contribution is -0.146. The Morgan fingerprint density at radius 1 is 1.12 bits per heavy atom. The summed E-state index contributed by atoms with van der Waals surface area (Å²) in [7, 11) is -2.83. The van der Waals surface area contributed by atoms with Crippen LogP contribution < -0.4 is 10.1 Å². The Hall–Kier alpha value is -2.42. The second kappa shape index (κ2) is 9.33. The molecule has 0 aromatic heterocycles. The molecule has 0 radical (unpaired) electrons. The van der Waals surface area contributed by atoms with Crippen LogP contribution in [0.15, 0.2) is 59.5 Å². The number of sulfonamides is 1. The highest BCUT2D eigenvalue weighted by atomic mass is 32.2. The summed E-state index contributed by atoms with van der Waals surface area (Å²) in [5, 5.41) is 13.0. The zero-order valence-electron chi connectivity index (χ0n) is 14.5. The lowest BCUT2D eigenvalue weighted by Gasteiger charge is -2.15. The molecule has 1 amide bonds. The van der Waals surface area contributed by atoms with Crippen LogP contribution in [0.4, 0.5) is 0 Å². The fourth-order valence-electron chi connectivity index (χ4n) is 2.27. The highest BCUT2D eigenvalue weighted by Crippen LogP contribution is 2.19. The van der Waals surface area contributed by atoms with Gasteiger partial charge in [-0.1, -0.05) is 30.3 Å². The molecular weight excluding hydrogens is 356 g/mol. The smallest absolute Gasteiger partial charge is 0.289 e. The van der Waals surface area contributed by atoms with Crippen molar-refractivity contribution in [1.82, 2.24) is 9.79 Å². The summed E-state index contributed by atoms with van der Waals surface area (Å²) < 4.78 is 29.3. The monoisotopic (exact) mass is 378 g/mol. The SMILES string of the molecule is COc1ccc(S(=O)(=O)N(O)C(=O)CCCNCc2ccccc2)cc1. The third kappa shape index (κ3) is 5.29. The Labute approximate surface area is 153 Å². The Morgan fingerprint density at radius 3 is 2.38 bits per heavy atom. The maximum absolute atomic E-state index is 12.2. The fraction of sp³-hybridized carbons (Fsp3) is 0.278. The van der Waals surface area contributed by atoms with Gasteiger partial charge in [-0.15, -0.1) is 4.47 Å². The highest BCUT2D eigenvalue weighted by molar-refractivity contribution is 7.89. The van der Waals surface area contributed by atoms with Gasteiger partial charge in [0.05, 0.1) is 12.0 Å². The second-order valence-electron chi connectivity index (χ2n) is 5.58. The number of benzene rings is 2. The number of ether oxygens (including phenoxy) is 1.